The first-order chi connectivity index (χ1) is 4.86. The van der Waals surface area contributed by atoms with Gasteiger partial charge in [-0.05, 0) is 19.2 Å². The fraction of sp³-hybridized carbons (Fsp3) is 0.125. The molecule has 0 amide bonds. The average Bonchev–Trinajstić information content (AvgIpc) is 2.05. The molecule has 0 saturated carbocycles. The highest BCUT2D eigenvalue weighted by Crippen LogP contribution is 2.16. The summed E-state index contributed by atoms with van der Waals surface area (Å²) in [5.74, 6) is 1.70. The summed E-state index contributed by atoms with van der Waals surface area (Å²) >= 11 is 0. The zero-order valence-electron chi connectivity index (χ0n) is 5.87. The predicted octanol–water partition coefficient (Wildman–Crippen LogP) is 1.73. The zero-order chi connectivity index (χ0) is 7.40. The van der Waals surface area contributed by atoms with Gasteiger partial charge in [0.1, 0.15) is 5.75 Å². The number of rotatable bonds is 2. The van der Waals surface area contributed by atoms with Gasteiger partial charge in [-0.2, -0.15) is 0 Å². The van der Waals surface area contributed by atoms with Crippen LogP contribution in [0.1, 0.15) is 0 Å². The van der Waals surface area contributed by atoms with E-state index in [-0.39, 0.29) is 0 Å². The first-order valence-electron chi connectivity index (χ1n) is 2.97. The second kappa shape index (κ2) is 3.11. The summed E-state index contributed by atoms with van der Waals surface area (Å²) in [6, 6.07) is 7.41. The Morgan fingerprint density at radius 1 is 1.30 bits per heavy atom. The number of methoxy groups -OCH3 is 1. The van der Waals surface area contributed by atoms with E-state index in [1.54, 1.807) is 7.11 Å². The molecule has 0 fully saturated rings. The molecule has 1 aromatic carbocycles. The maximum absolute atomic E-state index is 4.95. The lowest BCUT2D eigenvalue weighted by Gasteiger charge is -2.03. The summed E-state index contributed by atoms with van der Waals surface area (Å²) in [4.78, 5) is 0. The van der Waals surface area contributed by atoms with Gasteiger partial charge in [0.2, 0.25) is 5.75 Å². The lowest BCUT2D eigenvalue weighted by atomic mass is 10.3. The molecule has 0 unspecified atom stereocenters. The van der Waals surface area contributed by atoms with Gasteiger partial charge in [-0.1, -0.05) is 0 Å². The molecular weight excluding hydrogens is 128 g/mol. The Hall–Kier alpha value is -1.18. The Labute approximate surface area is 60.4 Å². The van der Waals surface area contributed by atoms with Crippen molar-refractivity contribution < 1.29 is 9.47 Å². The minimum absolute atomic E-state index is 0.840. The van der Waals surface area contributed by atoms with Crippen LogP contribution >= 0.6 is 0 Å². The van der Waals surface area contributed by atoms with Crippen LogP contribution in [0.25, 0.3) is 0 Å². The summed E-state index contributed by atoms with van der Waals surface area (Å²) in [7, 11) is 5.03. The molecule has 10 heavy (non-hydrogen) atoms. The third-order valence-electron chi connectivity index (χ3n) is 1.25. The summed E-state index contributed by atoms with van der Waals surface area (Å²) in [6.45, 7) is 0. The van der Waals surface area contributed by atoms with Gasteiger partial charge in [0.25, 0.3) is 0 Å². The molecule has 0 spiro atoms. The smallest absolute Gasteiger partial charge is 0.226 e. The van der Waals surface area contributed by atoms with Crippen LogP contribution in [0, 0.1) is 7.11 Å². The van der Waals surface area contributed by atoms with E-state index in [1.807, 2.05) is 24.3 Å². The number of aromatic hydroxyl groups is 1. The van der Waals surface area contributed by atoms with E-state index in [9.17, 15) is 0 Å². The van der Waals surface area contributed by atoms with Crippen LogP contribution in [0.15, 0.2) is 24.3 Å². The minimum Gasteiger partial charge on any atom is -0.722 e. The molecule has 0 atom stereocenters. The van der Waals surface area contributed by atoms with E-state index in [4.69, 9.17) is 4.74 Å². The van der Waals surface area contributed by atoms with Gasteiger partial charge in [-0.3, -0.25) is 0 Å². The Kier molecular flexibility index (Phi) is 2.15. The van der Waals surface area contributed by atoms with Crippen molar-refractivity contribution in [2.24, 2.45) is 0 Å². The largest absolute Gasteiger partial charge is 0.722 e. The molecule has 0 radical (unpaired) electrons. The van der Waals surface area contributed by atoms with Crippen molar-refractivity contribution in [3.05, 3.63) is 31.4 Å². The summed E-state index contributed by atoms with van der Waals surface area (Å²) < 4.78 is 8.69. The highest BCUT2D eigenvalue weighted by atomic mass is 16.5. The maximum atomic E-state index is 4.95. The Bertz CT molecular complexity index is 168. The molecule has 0 saturated heterocycles. The molecule has 0 aliphatic rings. The molecule has 2 nitrogen and oxygen atoms in total. The molecule has 0 aliphatic heterocycles. The first kappa shape index (κ1) is 6.93. The van der Waals surface area contributed by atoms with Gasteiger partial charge in [0.15, 0.2) is 0 Å². The van der Waals surface area contributed by atoms with Crippen molar-refractivity contribution in [2.45, 2.75) is 0 Å². The van der Waals surface area contributed by atoms with Crippen molar-refractivity contribution in [2.75, 3.05) is 7.11 Å². The lowest BCUT2D eigenvalue weighted by Crippen LogP contribution is -1.81. The van der Waals surface area contributed by atoms with E-state index in [0.29, 0.717) is 0 Å². The van der Waals surface area contributed by atoms with E-state index in [1.165, 1.54) is 0 Å². The van der Waals surface area contributed by atoms with E-state index >= 15 is 0 Å². The minimum atomic E-state index is 0.840. The number of aliphatic hydroxyl groups is 1. The van der Waals surface area contributed by atoms with Crippen LogP contribution in [0.4, 0.5) is 0 Å². The Morgan fingerprint density at radius 2 is 1.90 bits per heavy atom. The fourth-order valence-corrected chi connectivity index (χ4v) is 0.688. The van der Waals surface area contributed by atoms with E-state index in [2.05, 4.69) is 11.8 Å². The molecule has 1 aromatic rings. The van der Waals surface area contributed by atoms with Crippen molar-refractivity contribution in [3.8, 4) is 11.5 Å². The monoisotopic (exact) mass is 138 g/mol. The average molecular weight is 138 g/mol. The number of hydrogen-bond donors (Lipinski definition) is 0. The number of ether oxygens (including phenoxy) is 2. The van der Waals surface area contributed by atoms with Crippen LogP contribution < -0.4 is 4.74 Å². The van der Waals surface area contributed by atoms with Crippen LogP contribution in [0.5, 0.6) is 11.5 Å². The predicted molar refractivity (Wildman–Crippen MR) is 40.0 cm³/mol. The van der Waals surface area contributed by atoms with Crippen molar-refractivity contribution in [3.63, 3.8) is 0 Å². The molecule has 1 N–H and O–H groups in total. The summed E-state index contributed by atoms with van der Waals surface area (Å²) in [5.41, 5.74) is 0. The standard InChI is InChI=1S/C8H10O2/c1-9-7-3-5-8(10-2)6-4-7/h3-6,9H,1H2,2H3. The number of benzene rings is 1. The molecule has 0 heterocycles. The summed E-state index contributed by atoms with van der Waals surface area (Å²) in [5, 5.41) is 0. The lowest BCUT2D eigenvalue weighted by molar-refractivity contribution is 0.185. The Balaban J connectivity index is 2.80. The topological polar surface area (TPSA) is 22.0 Å². The van der Waals surface area contributed by atoms with Crippen LogP contribution in [-0.4, -0.2) is 11.8 Å². The number of hydrogen-bond acceptors (Lipinski definition) is 1. The van der Waals surface area contributed by atoms with E-state index in [0.717, 1.165) is 11.5 Å². The Morgan fingerprint density at radius 3 is 2.30 bits per heavy atom. The normalized spacial score (nSPS) is 9.00. The van der Waals surface area contributed by atoms with Gasteiger partial charge in [0.05, 0.1) is 7.11 Å². The van der Waals surface area contributed by atoms with Crippen molar-refractivity contribution >= 4 is 0 Å². The maximum Gasteiger partial charge on any atom is 0.226 e. The first-order valence-corrected chi connectivity index (χ1v) is 2.97. The second-order valence-corrected chi connectivity index (χ2v) is 1.86. The molecule has 2 heteroatoms. The second-order valence-electron chi connectivity index (χ2n) is 1.86. The van der Waals surface area contributed by atoms with Gasteiger partial charge in [0, 0.05) is 12.1 Å². The van der Waals surface area contributed by atoms with Gasteiger partial charge in [-0.15, -0.1) is 0 Å². The SMILES string of the molecule is [CH2-][OH+]c1ccc(OC)cc1. The fourth-order valence-electron chi connectivity index (χ4n) is 0.688. The molecule has 54 valence electrons. The van der Waals surface area contributed by atoms with Crippen LogP contribution in [0.2, 0.25) is 0 Å². The quantitative estimate of drug-likeness (QED) is 0.450. The highest BCUT2D eigenvalue weighted by Gasteiger charge is 1.92. The highest BCUT2D eigenvalue weighted by molar-refractivity contribution is 5.30. The summed E-state index contributed by atoms with van der Waals surface area (Å²) in [6.07, 6.45) is 0. The van der Waals surface area contributed by atoms with E-state index < -0.39 is 0 Å². The molecule has 0 aromatic heterocycles. The molecular formula is C8H10O2. The molecule has 0 bridgehead atoms. The zero-order valence-corrected chi connectivity index (χ0v) is 5.87. The van der Waals surface area contributed by atoms with Crippen molar-refractivity contribution in [1.29, 1.82) is 0 Å². The molecule has 0 aliphatic carbocycles. The van der Waals surface area contributed by atoms with Crippen molar-refractivity contribution in [1.82, 2.24) is 0 Å². The van der Waals surface area contributed by atoms with Gasteiger partial charge >= 0.3 is 0 Å². The molecule has 1 rings (SSSR count). The van der Waals surface area contributed by atoms with Gasteiger partial charge < -0.3 is 9.47 Å². The third-order valence-corrected chi connectivity index (χ3v) is 1.25. The van der Waals surface area contributed by atoms with Crippen LogP contribution in [0.3, 0.4) is 0 Å². The van der Waals surface area contributed by atoms with Crippen LogP contribution in [-0.2, 0) is 0 Å². The van der Waals surface area contributed by atoms with Gasteiger partial charge in [-0.25, -0.2) is 0 Å². The third kappa shape index (κ3) is 1.41.